The zero-order valence-corrected chi connectivity index (χ0v) is 12.6. The van der Waals surface area contributed by atoms with Crippen LogP contribution in [0.25, 0.3) is 0 Å². The van der Waals surface area contributed by atoms with Gasteiger partial charge in [-0.25, -0.2) is 0 Å². The number of anilines is 1. The van der Waals surface area contributed by atoms with E-state index in [0.29, 0.717) is 18.0 Å². The van der Waals surface area contributed by atoms with E-state index in [1.54, 1.807) is 18.2 Å². The number of likely N-dealkylation sites (N-methyl/N-ethyl adjacent to an activating group) is 1. The van der Waals surface area contributed by atoms with E-state index in [4.69, 9.17) is 9.47 Å². The maximum absolute atomic E-state index is 11.8. The van der Waals surface area contributed by atoms with Crippen molar-refractivity contribution in [1.29, 1.82) is 0 Å². The van der Waals surface area contributed by atoms with Gasteiger partial charge in [0.2, 0.25) is 12.7 Å². The monoisotopic (exact) mass is 293 g/mol. The van der Waals surface area contributed by atoms with E-state index in [1.807, 2.05) is 0 Å². The Labute approximate surface area is 125 Å². The SMILES string of the molecule is CCN(CC)CCNCC(=O)Nc1ccc2c(c1)OCO2. The number of ether oxygens (including phenoxy) is 2. The summed E-state index contributed by atoms with van der Waals surface area (Å²) in [4.78, 5) is 14.1. The van der Waals surface area contributed by atoms with Crippen LogP contribution in [0.4, 0.5) is 5.69 Å². The molecule has 1 aromatic carbocycles. The molecule has 0 aliphatic carbocycles. The second-order valence-corrected chi connectivity index (χ2v) is 4.82. The number of hydrogen-bond donors (Lipinski definition) is 2. The lowest BCUT2D eigenvalue weighted by molar-refractivity contribution is -0.115. The van der Waals surface area contributed by atoms with Gasteiger partial charge in [0.05, 0.1) is 6.54 Å². The van der Waals surface area contributed by atoms with Crippen LogP contribution >= 0.6 is 0 Å². The Balaban J connectivity index is 1.70. The third kappa shape index (κ3) is 4.61. The van der Waals surface area contributed by atoms with Crippen molar-refractivity contribution in [1.82, 2.24) is 10.2 Å². The number of carbonyl (C=O) groups is 1. The zero-order valence-electron chi connectivity index (χ0n) is 12.6. The minimum Gasteiger partial charge on any atom is -0.454 e. The van der Waals surface area contributed by atoms with Crippen molar-refractivity contribution in [2.75, 3.05) is 44.8 Å². The average Bonchev–Trinajstić information content (AvgIpc) is 2.95. The molecule has 0 bridgehead atoms. The molecule has 0 fully saturated rings. The number of amides is 1. The Morgan fingerprint density at radius 1 is 1.24 bits per heavy atom. The van der Waals surface area contributed by atoms with Crippen LogP contribution in [0.5, 0.6) is 11.5 Å². The first kappa shape index (κ1) is 15.6. The molecule has 0 unspecified atom stereocenters. The largest absolute Gasteiger partial charge is 0.454 e. The van der Waals surface area contributed by atoms with Crippen LogP contribution in [0.15, 0.2) is 18.2 Å². The lowest BCUT2D eigenvalue weighted by Crippen LogP contribution is -2.35. The fourth-order valence-electron chi connectivity index (χ4n) is 2.16. The van der Waals surface area contributed by atoms with Gasteiger partial charge >= 0.3 is 0 Å². The molecule has 1 aromatic rings. The maximum Gasteiger partial charge on any atom is 0.238 e. The summed E-state index contributed by atoms with van der Waals surface area (Å²) in [5.74, 6) is 1.32. The highest BCUT2D eigenvalue weighted by Crippen LogP contribution is 2.34. The van der Waals surface area contributed by atoms with Crippen molar-refractivity contribution in [2.45, 2.75) is 13.8 Å². The molecular formula is C15H23N3O3. The van der Waals surface area contributed by atoms with Gasteiger partial charge in [0.1, 0.15) is 0 Å². The van der Waals surface area contributed by atoms with E-state index in [0.717, 1.165) is 31.9 Å². The van der Waals surface area contributed by atoms with Gasteiger partial charge in [-0.2, -0.15) is 0 Å². The van der Waals surface area contributed by atoms with Gasteiger partial charge in [-0.05, 0) is 25.2 Å². The van der Waals surface area contributed by atoms with Gasteiger partial charge in [-0.15, -0.1) is 0 Å². The summed E-state index contributed by atoms with van der Waals surface area (Å²) in [7, 11) is 0. The van der Waals surface area contributed by atoms with Crippen LogP contribution < -0.4 is 20.1 Å². The summed E-state index contributed by atoms with van der Waals surface area (Å²) in [6.07, 6.45) is 0. The Hall–Kier alpha value is -1.79. The molecule has 0 radical (unpaired) electrons. The van der Waals surface area contributed by atoms with E-state index in [2.05, 4.69) is 29.4 Å². The molecule has 1 aliphatic rings. The predicted molar refractivity (Wildman–Crippen MR) is 81.9 cm³/mol. The molecule has 0 aromatic heterocycles. The van der Waals surface area contributed by atoms with Crippen molar-refractivity contribution in [3.8, 4) is 11.5 Å². The third-order valence-electron chi connectivity index (χ3n) is 3.44. The fraction of sp³-hybridized carbons (Fsp3) is 0.533. The quantitative estimate of drug-likeness (QED) is 0.707. The highest BCUT2D eigenvalue weighted by Gasteiger charge is 2.13. The molecule has 6 heteroatoms. The molecule has 2 N–H and O–H groups in total. The highest BCUT2D eigenvalue weighted by atomic mass is 16.7. The first-order chi connectivity index (χ1) is 10.2. The zero-order chi connectivity index (χ0) is 15.1. The average molecular weight is 293 g/mol. The predicted octanol–water partition coefficient (Wildman–Crippen LogP) is 1.29. The van der Waals surface area contributed by atoms with E-state index in [9.17, 15) is 4.79 Å². The summed E-state index contributed by atoms with van der Waals surface area (Å²) in [6.45, 7) is 8.62. The van der Waals surface area contributed by atoms with E-state index in [1.165, 1.54) is 0 Å². The van der Waals surface area contributed by atoms with Gasteiger partial charge in [-0.1, -0.05) is 13.8 Å². The Morgan fingerprint density at radius 2 is 2.00 bits per heavy atom. The lowest BCUT2D eigenvalue weighted by Gasteiger charge is -2.17. The molecule has 1 amide bonds. The number of carbonyl (C=O) groups excluding carboxylic acids is 1. The Kier molecular flexibility index (Phi) is 5.83. The summed E-state index contributed by atoms with van der Waals surface area (Å²) in [6, 6.07) is 5.38. The van der Waals surface area contributed by atoms with Crippen molar-refractivity contribution in [3.63, 3.8) is 0 Å². The van der Waals surface area contributed by atoms with E-state index in [-0.39, 0.29) is 12.7 Å². The summed E-state index contributed by atoms with van der Waals surface area (Å²) in [5, 5.41) is 5.98. The highest BCUT2D eigenvalue weighted by molar-refractivity contribution is 5.92. The van der Waals surface area contributed by atoms with Gasteiger partial charge in [-0.3, -0.25) is 4.79 Å². The van der Waals surface area contributed by atoms with E-state index >= 15 is 0 Å². The summed E-state index contributed by atoms with van der Waals surface area (Å²) >= 11 is 0. The molecule has 1 aliphatic heterocycles. The molecule has 116 valence electrons. The van der Waals surface area contributed by atoms with Crippen molar-refractivity contribution in [3.05, 3.63) is 18.2 Å². The van der Waals surface area contributed by atoms with Crippen LogP contribution in [0.1, 0.15) is 13.8 Å². The molecule has 0 atom stereocenters. The second kappa shape index (κ2) is 7.85. The van der Waals surface area contributed by atoms with Crippen LogP contribution in [-0.4, -0.2) is 50.3 Å². The molecule has 0 saturated heterocycles. The van der Waals surface area contributed by atoms with Gasteiger partial charge in [0.25, 0.3) is 0 Å². The number of hydrogen-bond acceptors (Lipinski definition) is 5. The van der Waals surface area contributed by atoms with Gasteiger partial charge in [0, 0.05) is 24.8 Å². The summed E-state index contributed by atoms with van der Waals surface area (Å²) < 4.78 is 10.5. The molecular weight excluding hydrogens is 270 g/mol. The number of rotatable bonds is 8. The fourth-order valence-corrected chi connectivity index (χ4v) is 2.16. The molecule has 6 nitrogen and oxygen atoms in total. The standard InChI is InChI=1S/C15H23N3O3/c1-3-18(4-2)8-7-16-10-15(19)17-12-5-6-13-14(9-12)21-11-20-13/h5-6,9,16H,3-4,7-8,10-11H2,1-2H3,(H,17,19). The number of benzene rings is 1. The van der Waals surface area contributed by atoms with Crippen LogP contribution in [0.2, 0.25) is 0 Å². The third-order valence-corrected chi connectivity index (χ3v) is 3.44. The summed E-state index contributed by atoms with van der Waals surface area (Å²) in [5.41, 5.74) is 0.717. The Bertz CT molecular complexity index is 475. The minimum atomic E-state index is -0.0617. The number of fused-ring (bicyclic) bond motifs is 1. The number of nitrogens with one attached hydrogen (secondary N) is 2. The van der Waals surface area contributed by atoms with Crippen molar-refractivity contribution >= 4 is 11.6 Å². The number of nitrogens with zero attached hydrogens (tertiary/aromatic N) is 1. The second-order valence-electron chi connectivity index (χ2n) is 4.82. The van der Waals surface area contributed by atoms with Crippen molar-refractivity contribution in [2.24, 2.45) is 0 Å². The maximum atomic E-state index is 11.8. The smallest absolute Gasteiger partial charge is 0.238 e. The topological polar surface area (TPSA) is 62.8 Å². The van der Waals surface area contributed by atoms with Crippen LogP contribution in [-0.2, 0) is 4.79 Å². The molecule has 1 heterocycles. The first-order valence-electron chi connectivity index (χ1n) is 7.35. The van der Waals surface area contributed by atoms with Gasteiger partial charge in [0.15, 0.2) is 11.5 Å². The molecule has 21 heavy (non-hydrogen) atoms. The van der Waals surface area contributed by atoms with Crippen LogP contribution in [0, 0.1) is 0 Å². The van der Waals surface area contributed by atoms with Gasteiger partial charge < -0.3 is 25.0 Å². The molecule has 2 rings (SSSR count). The lowest BCUT2D eigenvalue weighted by atomic mass is 10.3. The minimum absolute atomic E-state index is 0.0617. The molecule has 0 spiro atoms. The molecule has 0 saturated carbocycles. The normalized spacial score (nSPS) is 12.7. The Morgan fingerprint density at radius 3 is 2.76 bits per heavy atom. The first-order valence-corrected chi connectivity index (χ1v) is 7.35. The van der Waals surface area contributed by atoms with E-state index < -0.39 is 0 Å². The van der Waals surface area contributed by atoms with Crippen molar-refractivity contribution < 1.29 is 14.3 Å². The van der Waals surface area contributed by atoms with Crippen LogP contribution in [0.3, 0.4) is 0 Å².